The highest BCUT2D eigenvalue weighted by atomic mass is 35.5. The Morgan fingerprint density at radius 1 is 1.17 bits per heavy atom. The number of non-ortho nitro benzene ring substituents is 1. The molecule has 2 aromatic carbocycles. The number of nitrogens with zero attached hydrogens (tertiary/aromatic N) is 2. The van der Waals surface area contributed by atoms with Crippen molar-refractivity contribution >= 4 is 40.5 Å². The van der Waals surface area contributed by atoms with Crippen molar-refractivity contribution in [1.29, 1.82) is 0 Å². The molecule has 0 spiro atoms. The monoisotopic (exact) mass is 352 g/mol. The fraction of sp³-hybridized carbons (Fsp3) is 0.133. The Morgan fingerprint density at radius 2 is 1.87 bits per heavy atom. The zero-order chi connectivity index (χ0) is 16.6. The van der Waals surface area contributed by atoms with Crippen LogP contribution in [0.1, 0.15) is 10.4 Å². The number of fused-ring (bicyclic) bond motifs is 1. The number of nitro groups is 1. The van der Waals surface area contributed by atoms with E-state index in [1.54, 1.807) is 0 Å². The summed E-state index contributed by atoms with van der Waals surface area (Å²) in [6.07, 6.45) is 0. The summed E-state index contributed by atoms with van der Waals surface area (Å²) < 4.78 is 5.45. The Hall–Kier alpha value is -2.31. The molecule has 1 amide bonds. The lowest BCUT2D eigenvalue weighted by molar-refractivity contribution is -0.384. The molecule has 0 aliphatic carbocycles. The van der Waals surface area contributed by atoms with Gasteiger partial charge in [0.1, 0.15) is 12.4 Å². The van der Waals surface area contributed by atoms with Gasteiger partial charge in [0.2, 0.25) is 0 Å². The summed E-state index contributed by atoms with van der Waals surface area (Å²) in [5, 5.41) is 11.6. The van der Waals surface area contributed by atoms with E-state index in [4.69, 9.17) is 27.9 Å². The summed E-state index contributed by atoms with van der Waals surface area (Å²) in [6.45, 7) is 0.571. The Bertz CT molecular complexity index is 790. The maximum Gasteiger partial charge on any atom is 0.271 e. The van der Waals surface area contributed by atoms with E-state index in [9.17, 15) is 14.9 Å². The largest absolute Gasteiger partial charge is 0.490 e. The third-order valence-corrected chi connectivity index (χ3v) is 3.81. The van der Waals surface area contributed by atoms with Crippen LogP contribution in [0.25, 0.3) is 0 Å². The van der Waals surface area contributed by atoms with Gasteiger partial charge in [-0.2, -0.15) is 0 Å². The van der Waals surface area contributed by atoms with E-state index in [1.807, 2.05) is 0 Å². The Balaban J connectivity index is 2.03. The molecule has 2 aromatic rings. The molecule has 0 unspecified atom stereocenters. The highest BCUT2D eigenvalue weighted by molar-refractivity contribution is 6.35. The SMILES string of the molecule is O=C(c1cc(Cl)cc(Cl)c1)N1CCOc2ccc([N+](=O)[O-])cc21. The van der Waals surface area contributed by atoms with Crippen LogP contribution in [0.5, 0.6) is 5.75 Å². The van der Waals surface area contributed by atoms with Crippen LogP contribution in [-0.2, 0) is 0 Å². The van der Waals surface area contributed by atoms with Crippen molar-refractivity contribution in [2.24, 2.45) is 0 Å². The Kier molecular flexibility index (Phi) is 4.11. The number of carbonyl (C=O) groups excluding carboxylic acids is 1. The van der Waals surface area contributed by atoms with Gasteiger partial charge in [-0.05, 0) is 24.3 Å². The highest BCUT2D eigenvalue weighted by Gasteiger charge is 2.27. The molecule has 0 atom stereocenters. The number of nitro benzene ring substituents is 1. The zero-order valence-electron chi connectivity index (χ0n) is 11.7. The summed E-state index contributed by atoms with van der Waals surface area (Å²) in [5.41, 5.74) is 0.546. The molecule has 3 rings (SSSR count). The lowest BCUT2D eigenvalue weighted by atomic mass is 10.1. The molecule has 1 aliphatic heterocycles. The predicted molar refractivity (Wildman–Crippen MR) is 86.7 cm³/mol. The standard InChI is InChI=1S/C15H10Cl2N2O4/c16-10-5-9(6-11(17)7-10)15(20)18-3-4-23-14-2-1-12(19(21)22)8-13(14)18/h1-2,5-8H,3-4H2. The molecule has 0 N–H and O–H groups in total. The van der Waals surface area contributed by atoms with Gasteiger partial charge in [0.05, 0.1) is 17.2 Å². The average Bonchev–Trinajstić information content (AvgIpc) is 2.52. The maximum absolute atomic E-state index is 12.7. The van der Waals surface area contributed by atoms with Crippen molar-refractivity contribution < 1.29 is 14.5 Å². The van der Waals surface area contributed by atoms with E-state index in [-0.39, 0.29) is 18.1 Å². The second kappa shape index (κ2) is 6.06. The van der Waals surface area contributed by atoms with Crippen LogP contribution in [0, 0.1) is 10.1 Å². The average molecular weight is 353 g/mol. The van der Waals surface area contributed by atoms with Crippen molar-refractivity contribution in [3.63, 3.8) is 0 Å². The molecule has 0 fully saturated rings. The molecule has 0 bridgehead atoms. The smallest absolute Gasteiger partial charge is 0.271 e. The van der Waals surface area contributed by atoms with E-state index in [0.717, 1.165) is 0 Å². The normalized spacial score (nSPS) is 13.2. The second-order valence-corrected chi connectivity index (χ2v) is 5.75. The van der Waals surface area contributed by atoms with E-state index in [0.29, 0.717) is 33.7 Å². The Morgan fingerprint density at radius 3 is 2.52 bits per heavy atom. The van der Waals surface area contributed by atoms with Crippen molar-refractivity contribution in [2.75, 3.05) is 18.1 Å². The zero-order valence-corrected chi connectivity index (χ0v) is 13.2. The lowest BCUT2D eigenvalue weighted by Crippen LogP contribution is -2.38. The molecule has 0 aromatic heterocycles. The van der Waals surface area contributed by atoms with Crippen LogP contribution >= 0.6 is 23.2 Å². The van der Waals surface area contributed by atoms with Gasteiger partial charge in [-0.25, -0.2) is 0 Å². The summed E-state index contributed by atoms with van der Waals surface area (Å²) in [7, 11) is 0. The molecule has 0 saturated carbocycles. The number of amides is 1. The molecular formula is C15H10Cl2N2O4. The van der Waals surface area contributed by atoms with Crippen molar-refractivity contribution in [2.45, 2.75) is 0 Å². The Labute approximate surface area is 141 Å². The number of benzene rings is 2. The van der Waals surface area contributed by atoms with Gasteiger partial charge in [0.15, 0.2) is 0 Å². The summed E-state index contributed by atoms with van der Waals surface area (Å²) in [4.78, 5) is 24.6. The predicted octanol–water partition coefficient (Wildman–Crippen LogP) is 3.94. The first-order valence-electron chi connectivity index (χ1n) is 6.65. The van der Waals surface area contributed by atoms with Crippen molar-refractivity contribution in [3.05, 3.63) is 62.1 Å². The maximum atomic E-state index is 12.7. The first-order valence-corrected chi connectivity index (χ1v) is 7.40. The van der Waals surface area contributed by atoms with Gasteiger partial charge in [0, 0.05) is 27.7 Å². The highest BCUT2D eigenvalue weighted by Crippen LogP contribution is 2.36. The number of halogens is 2. The van der Waals surface area contributed by atoms with Gasteiger partial charge in [-0.1, -0.05) is 23.2 Å². The summed E-state index contributed by atoms with van der Waals surface area (Å²) in [5.74, 6) is 0.0720. The van der Waals surface area contributed by atoms with Gasteiger partial charge in [0.25, 0.3) is 11.6 Å². The molecule has 118 valence electrons. The van der Waals surface area contributed by atoms with Crippen LogP contribution < -0.4 is 9.64 Å². The van der Waals surface area contributed by atoms with Crippen LogP contribution in [0.2, 0.25) is 10.0 Å². The van der Waals surface area contributed by atoms with Crippen LogP contribution in [0.4, 0.5) is 11.4 Å². The number of carbonyl (C=O) groups is 1. The van der Waals surface area contributed by atoms with E-state index >= 15 is 0 Å². The fourth-order valence-corrected chi connectivity index (χ4v) is 2.89. The quantitative estimate of drug-likeness (QED) is 0.606. The van der Waals surface area contributed by atoms with Crippen molar-refractivity contribution in [1.82, 2.24) is 0 Å². The van der Waals surface area contributed by atoms with Crippen LogP contribution in [-0.4, -0.2) is 24.0 Å². The van der Waals surface area contributed by atoms with Gasteiger partial charge < -0.3 is 9.64 Å². The summed E-state index contributed by atoms with van der Waals surface area (Å²) in [6, 6.07) is 8.67. The van der Waals surface area contributed by atoms with E-state index in [2.05, 4.69) is 0 Å². The molecule has 0 radical (unpaired) electrons. The number of ether oxygens (including phenoxy) is 1. The van der Waals surface area contributed by atoms with Gasteiger partial charge in [-0.3, -0.25) is 14.9 Å². The topological polar surface area (TPSA) is 72.7 Å². The van der Waals surface area contributed by atoms with Crippen molar-refractivity contribution in [3.8, 4) is 5.75 Å². The molecule has 6 nitrogen and oxygen atoms in total. The minimum atomic E-state index is -0.520. The third-order valence-electron chi connectivity index (χ3n) is 3.37. The number of anilines is 1. The third kappa shape index (κ3) is 3.09. The minimum Gasteiger partial charge on any atom is -0.490 e. The number of rotatable bonds is 2. The second-order valence-electron chi connectivity index (χ2n) is 4.87. The molecule has 1 aliphatic rings. The first-order chi connectivity index (χ1) is 11.0. The number of hydrogen-bond acceptors (Lipinski definition) is 4. The molecule has 8 heteroatoms. The molecule has 23 heavy (non-hydrogen) atoms. The van der Waals surface area contributed by atoms with E-state index < -0.39 is 4.92 Å². The first kappa shape index (κ1) is 15.6. The van der Waals surface area contributed by atoms with Crippen LogP contribution in [0.15, 0.2) is 36.4 Å². The summed E-state index contributed by atoms with van der Waals surface area (Å²) >= 11 is 11.9. The van der Waals surface area contributed by atoms with Crippen LogP contribution in [0.3, 0.4) is 0 Å². The fourth-order valence-electron chi connectivity index (χ4n) is 2.36. The number of hydrogen-bond donors (Lipinski definition) is 0. The minimum absolute atomic E-state index is 0.115. The van der Waals surface area contributed by atoms with Gasteiger partial charge >= 0.3 is 0 Å². The lowest BCUT2D eigenvalue weighted by Gasteiger charge is -2.29. The molecule has 0 saturated heterocycles. The molecule has 1 heterocycles. The van der Waals surface area contributed by atoms with E-state index in [1.165, 1.54) is 41.3 Å². The molecular weight excluding hydrogens is 343 g/mol. The van der Waals surface area contributed by atoms with Gasteiger partial charge in [-0.15, -0.1) is 0 Å².